The predicted octanol–water partition coefficient (Wildman–Crippen LogP) is 0.468. The Balaban J connectivity index is 1.98. The predicted molar refractivity (Wildman–Crippen MR) is 67.3 cm³/mol. The Morgan fingerprint density at radius 3 is 3.00 bits per heavy atom. The van der Waals surface area contributed by atoms with Crippen LogP contribution in [0.15, 0.2) is 18.2 Å². The first-order chi connectivity index (χ1) is 8.61. The van der Waals surface area contributed by atoms with Gasteiger partial charge < -0.3 is 15.0 Å². The Morgan fingerprint density at radius 2 is 2.28 bits per heavy atom. The molecule has 1 aliphatic heterocycles. The molecule has 0 fully saturated rings. The van der Waals surface area contributed by atoms with E-state index in [4.69, 9.17) is 0 Å². The van der Waals surface area contributed by atoms with Crippen LogP contribution in [0, 0.1) is 0 Å². The van der Waals surface area contributed by atoms with Crippen molar-refractivity contribution in [3.8, 4) is 0 Å². The number of hydrogen-bond acceptors (Lipinski definition) is 4. The number of carbonyl (C=O) groups is 2. The molecule has 5 heteroatoms. The SMILES string of the molecule is COC(=O)CNCc1ccc2c(c1)CC(=O)N2C. The molecule has 0 bridgehead atoms. The molecule has 18 heavy (non-hydrogen) atoms. The molecule has 0 saturated heterocycles. The summed E-state index contributed by atoms with van der Waals surface area (Å²) < 4.78 is 4.54. The van der Waals surface area contributed by atoms with E-state index in [-0.39, 0.29) is 18.4 Å². The van der Waals surface area contributed by atoms with Crippen LogP contribution in [-0.2, 0) is 27.3 Å². The maximum Gasteiger partial charge on any atom is 0.319 e. The number of carbonyl (C=O) groups excluding carboxylic acids is 2. The molecule has 1 aromatic carbocycles. The Labute approximate surface area is 106 Å². The molecule has 1 aliphatic rings. The molecule has 0 unspecified atom stereocenters. The molecule has 0 atom stereocenters. The lowest BCUT2D eigenvalue weighted by Gasteiger charge is -2.10. The van der Waals surface area contributed by atoms with Gasteiger partial charge in [0.25, 0.3) is 0 Å². The van der Waals surface area contributed by atoms with Crippen molar-refractivity contribution in [2.75, 3.05) is 25.6 Å². The van der Waals surface area contributed by atoms with E-state index in [0.717, 1.165) is 16.8 Å². The van der Waals surface area contributed by atoms with Gasteiger partial charge in [-0.2, -0.15) is 0 Å². The van der Waals surface area contributed by atoms with E-state index < -0.39 is 0 Å². The van der Waals surface area contributed by atoms with E-state index in [1.54, 1.807) is 11.9 Å². The minimum absolute atomic E-state index is 0.115. The average molecular weight is 248 g/mol. The molecule has 1 aromatic rings. The summed E-state index contributed by atoms with van der Waals surface area (Å²) in [5.41, 5.74) is 3.07. The number of rotatable bonds is 4. The maximum atomic E-state index is 11.5. The molecule has 0 spiro atoms. The molecule has 1 heterocycles. The van der Waals surface area contributed by atoms with Crippen LogP contribution in [0.1, 0.15) is 11.1 Å². The molecule has 0 saturated carbocycles. The minimum atomic E-state index is -0.286. The van der Waals surface area contributed by atoms with E-state index in [1.807, 2.05) is 18.2 Å². The fraction of sp³-hybridized carbons (Fsp3) is 0.385. The van der Waals surface area contributed by atoms with E-state index in [9.17, 15) is 9.59 Å². The van der Waals surface area contributed by atoms with Crippen LogP contribution in [0.4, 0.5) is 5.69 Å². The summed E-state index contributed by atoms with van der Waals surface area (Å²) in [5, 5.41) is 2.99. The van der Waals surface area contributed by atoms with Crippen molar-refractivity contribution in [1.29, 1.82) is 0 Å². The van der Waals surface area contributed by atoms with E-state index in [2.05, 4.69) is 10.1 Å². The smallest absolute Gasteiger partial charge is 0.319 e. The van der Waals surface area contributed by atoms with Crippen molar-refractivity contribution in [1.82, 2.24) is 5.32 Å². The zero-order valence-electron chi connectivity index (χ0n) is 10.5. The molecule has 0 aliphatic carbocycles. The van der Waals surface area contributed by atoms with Gasteiger partial charge in [-0.25, -0.2) is 0 Å². The van der Waals surface area contributed by atoms with Crippen molar-refractivity contribution in [2.45, 2.75) is 13.0 Å². The van der Waals surface area contributed by atoms with Crippen molar-refractivity contribution in [3.05, 3.63) is 29.3 Å². The number of methoxy groups -OCH3 is 1. The molecule has 1 N–H and O–H groups in total. The number of ether oxygens (including phenoxy) is 1. The second-order valence-corrected chi connectivity index (χ2v) is 4.27. The highest BCUT2D eigenvalue weighted by molar-refractivity contribution is 6.00. The summed E-state index contributed by atoms with van der Waals surface area (Å²) in [6.45, 7) is 0.771. The fourth-order valence-corrected chi connectivity index (χ4v) is 2.01. The van der Waals surface area contributed by atoms with Crippen LogP contribution in [-0.4, -0.2) is 32.6 Å². The van der Waals surface area contributed by atoms with Gasteiger partial charge in [0.2, 0.25) is 5.91 Å². The van der Waals surface area contributed by atoms with Gasteiger partial charge in [-0.3, -0.25) is 9.59 Å². The summed E-state index contributed by atoms with van der Waals surface area (Å²) in [6, 6.07) is 5.90. The second-order valence-electron chi connectivity index (χ2n) is 4.27. The van der Waals surface area contributed by atoms with Crippen LogP contribution in [0.5, 0.6) is 0 Å². The van der Waals surface area contributed by atoms with Gasteiger partial charge in [0.15, 0.2) is 0 Å². The summed E-state index contributed by atoms with van der Waals surface area (Å²) in [6.07, 6.45) is 0.455. The molecule has 2 rings (SSSR count). The van der Waals surface area contributed by atoms with Crippen LogP contribution < -0.4 is 10.2 Å². The van der Waals surface area contributed by atoms with E-state index >= 15 is 0 Å². The summed E-state index contributed by atoms with van der Waals surface area (Å²) in [7, 11) is 3.14. The van der Waals surface area contributed by atoms with Crippen molar-refractivity contribution >= 4 is 17.6 Å². The normalized spacial score (nSPS) is 13.7. The third-order valence-electron chi connectivity index (χ3n) is 3.05. The highest BCUT2D eigenvalue weighted by Gasteiger charge is 2.23. The summed E-state index contributed by atoms with van der Waals surface area (Å²) in [4.78, 5) is 24.1. The van der Waals surface area contributed by atoms with Crippen LogP contribution in [0.2, 0.25) is 0 Å². The van der Waals surface area contributed by atoms with Crippen molar-refractivity contribution in [2.24, 2.45) is 0 Å². The monoisotopic (exact) mass is 248 g/mol. The van der Waals surface area contributed by atoms with Gasteiger partial charge in [-0.1, -0.05) is 12.1 Å². The Kier molecular flexibility index (Phi) is 3.62. The van der Waals surface area contributed by atoms with Gasteiger partial charge >= 0.3 is 5.97 Å². The molecule has 96 valence electrons. The highest BCUT2D eigenvalue weighted by atomic mass is 16.5. The van der Waals surface area contributed by atoms with Gasteiger partial charge in [-0.05, 0) is 17.2 Å². The quantitative estimate of drug-likeness (QED) is 0.787. The number of nitrogens with one attached hydrogen (secondary N) is 1. The van der Waals surface area contributed by atoms with Gasteiger partial charge in [0.05, 0.1) is 20.1 Å². The van der Waals surface area contributed by atoms with Crippen molar-refractivity contribution < 1.29 is 14.3 Å². The first-order valence-corrected chi connectivity index (χ1v) is 5.77. The molecular weight excluding hydrogens is 232 g/mol. The van der Waals surface area contributed by atoms with Crippen molar-refractivity contribution in [3.63, 3.8) is 0 Å². The largest absolute Gasteiger partial charge is 0.468 e. The van der Waals surface area contributed by atoms with Gasteiger partial charge in [0, 0.05) is 19.3 Å². The van der Waals surface area contributed by atoms with E-state index in [1.165, 1.54) is 7.11 Å². The number of benzene rings is 1. The fourth-order valence-electron chi connectivity index (χ4n) is 2.01. The zero-order chi connectivity index (χ0) is 13.1. The zero-order valence-corrected chi connectivity index (χ0v) is 10.5. The number of fused-ring (bicyclic) bond motifs is 1. The topological polar surface area (TPSA) is 58.6 Å². The number of hydrogen-bond donors (Lipinski definition) is 1. The average Bonchev–Trinajstić information content (AvgIpc) is 2.64. The van der Waals surface area contributed by atoms with Gasteiger partial charge in [-0.15, -0.1) is 0 Å². The Hall–Kier alpha value is -1.88. The maximum absolute atomic E-state index is 11.5. The lowest BCUT2D eigenvalue weighted by molar-refractivity contribution is -0.139. The molecule has 5 nitrogen and oxygen atoms in total. The Bertz CT molecular complexity index is 485. The molecule has 0 aromatic heterocycles. The van der Waals surface area contributed by atoms with E-state index in [0.29, 0.717) is 13.0 Å². The molecule has 0 radical (unpaired) electrons. The van der Waals surface area contributed by atoms with Crippen LogP contribution in [0.3, 0.4) is 0 Å². The minimum Gasteiger partial charge on any atom is -0.468 e. The number of likely N-dealkylation sites (N-methyl/N-ethyl adjacent to an activating group) is 1. The first kappa shape index (κ1) is 12.6. The lowest BCUT2D eigenvalue weighted by Crippen LogP contribution is -2.23. The molecular formula is C13H16N2O3. The lowest BCUT2D eigenvalue weighted by atomic mass is 10.1. The second kappa shape index (κ2) is 5.18. The number of esters is 1. The third-order valence-corrected chi connectivity index (χ3v) is 3.05. The number of anilines is 1. The standard InChI is InChI=1S/C13H16N2O3/c1-15-11-4-3-9(5-10(11)6-12(15)16)7-14-8-13(17)18-2/h3-5,14H,6-8H2,1-2H3. The third kappa shape index (κ3) is 2.51. The molecule has 1 amide bonds. The number of amides is 1. The highest BCUT2D eigenvalue weighted by Crippen LogP contribution is 2.28. The summed E-state index contributed by atoms with van der Waals surface area (Å²) in [5.74, 6) is -0.171. The van der Waals surface area contributed by atoms with Gasteiger partial charge in [0.1, 0.15) is 0 Å². The first-order valence-electron chi connectivity index (χ1n) is 5.77. The number of nitrogens with zero attached hydrogens (tertiary/aromatic N) is 1. The van der Waals surface area contributed by atoms with Crippen LogP contribution in [0.25, 0.3) is 0 Å². The Morgan fingerprint density at radius 1 is 1.50 bits per heavy atom. The van der Waals surface area contributed by atoms with Crippen LogP contribution >= 0.6 is 0 Å². The summed E-state index contributed by atoms with van der Waals surface area (Å²) >= 11 is 0.